The molecule has 70 valence electrons. The lowest BCUT2D eigenvalue weighted by molar-refractivity contribution is 0.598. The monoisotopic (exact) mass is 179 g/mol. The van der Waals surface area contributed by atoms with Gasteiger partial charge in [0.25, 0.3) is 0 Å². The van der Waals surface area contributed by atoms with Gasteiger partial charge in [-0.2, -0.15) is 0 Å². The highest BCUT2D eigenvalue weighted by atomic mass is 19.1. The van der Waals surface area contributed by atoms with Crippen molar-refractivity contribution in [2.24, 2.45) is 5.73 Å². The molecule has 0 radical (unpaired) electrons. The van der Waals surface area contributed by atoms with Crippen LogP contribution in [0.2, 0.25) is 0 Å². The van der Waals surface area contributed by atoms with Gasteiger partial charge in [-0.05, 0) is 18.1 Å². The molecule has 2 heteroatoms. The molecule has 0 saturated carbocycles. The molecule has 0 amide bonds. The van der Waals surface area contributed by atoms with Gasteiger partial charge in [-0.3, -0.25) is 0 Å². The van der Waals surface area contributed by atoms with Crippen molar-refractivity contribution in [1.29, 1.82) is 0 Å². The first-order valence-electron chi connectivity index (χ1n) is 4.36. The highest BCUT2D eigenvalue weighted by Crippen LogP contribution is 2.20. The van der Waals surface area contributed by atoms with E-state index in [1.807, 2.05) is 13.0 Å². The van der Waals surface area contributed by atoms with Crippen molar-refractivity contribution in [3.63, 3.8) is 0 Å². The molecule has 0 aliphatic rings. The van der Waals surface area contributed by atoms with Gasteiger partial charge in [0.1, 0.15) is 5.82 Å². The molecular weight excluding hydrogens is 165 g/mol. The van der Waals surface area contributed by atoms with E-state index in [1.54, 1.807) is 12.1 Å². The lowest BCUT2D eigenvalue weighted by Crippen LogP contribution is -2.11. The molecule has 0 spiro atoms. The lowest BCUT2D eigenvalue weighted by Gasteiger charge is -2.12. The summed E-state index contributed by atoms with van der Waals surface area (Å²) >= 11 is 0. The Morgan fingerprint density at radius 2 is 2.31 bits per heavy atom. The van der Waals surface area contributed by atoms with Crippen molar-refractivity contribution >= 4 is 0 Å². The molecule has 0 heterocycles. The molecule has 1 atom stereocenters. The first-order valence-corrected chi connectivity index (χ1v) is 4.36. The molecule has 1 aromatic carbocycles. The number of rotatable bonds is 3. The zero-order valence-corrected chi connectivity index (χ0v) is 7.76. The van der Waals surface area contributed by atoms with E-state index in [1.165, 1.54) is 6.07 Å². The number of benzene rings is 1. The Kier molecular flexibility index (Phi) is 3.20. The van der Waals surface area contributed by atoms with Gasteiger partial charge in [-0.25, -0.2) is 4.39 Å². The summed E-state index contributed by atoms with van der Waals surface area (Å²) in [5.41, 5.74) is 7.23. The molecule has 0 unspecified atom stereocenters. The summed E-state index contributed by atoms with van der Waals surface area (Å²) in [6, 6.07) is 4.61. The second-order valence-corrected chi connectivity index (χ2v) is 2.93. The Bertz CT molecular complexity index is 307. The van der Waals surface area contributed by atoms with Crippen molar-refractivity contribution in [3.05, 3.63) is 47.8 Å². The molecule has 2 N–H and O–H groups in total. The first kappa shape index (κ1) is 9.93. The largest absolute Gasteiger partial charge is 0.321 e. The van der Waals surface area contributed by atoms with Crippen LogP contribution in [0.25, 0.3) is 0 Å². The Morgan fingerprint density at radius 3 is 2.85 bits per heavy atom. The van der Waals surface area contributed by atoms with Crippen LogP contribution in [0.4, 0.5) is 4.39 Å². The van der Waals surface area contributed by atoms with Crippen LogP contribution in [0.15, 0.2) is 30.9 Å². The van der Waals surface area contributed by atoms with Gasteiger partial charge in [-0.1, -0.05) is 25.1 Å². The molecular formula is C11H14FN. The van der Waals surface area contributed by atoms with Crippen LogP contribution in [-0.2, 0) is 6.42 Å². The summed E-state index contributed by atoms with van der Waals surface area (Å²) in [6.45, 7) is 5.54. The van der Waals surface area contributed by atoms with Crippen LogP contribution in [0, 0.1) is 5.82 Å². The Balaban J connectivity index is 3.22. The fourth-order valence-corrected chi connectivity index (χ4v) is 1.38. The van der Waals surface area contributed by atoms with Gasteiger partial charge >= 0.3 is 0 Å². The third-order valence-electron chi connectivity index (χ3n) is 2.11. The van der Waals surface area contributed by atoms with Crippen LogP contribution >= 0.6 is 0 Å². The fraction of sp³-hybridized carbons (Fsp3) is 0.273. The minimum Gasteiger partial charge on any atom is -0.321 e. The SMILES string of the molecule is C=C[C@@H](N)c1c(F)cccc1CC. The van der Waals surface area contributed by atoms with Gasteiger partial charge < -0.3 is 5.73 Å². The molecule has 0 saturated heterocycles. The van der Waals surface area contributed by atoms with Crippen molar-refractivity contribution in [3.8, 4) is 0 Å². The Hall–Kier alpha value is -1.15. The van der Waals surface area contributed by atoms with E-state index in [0.717, 1.165) is 12.0 Å². The maximum atomic E-state index is 13.3. The number of aryl methyl sites for hydroxylation is 1. The highest BCUT2D eigenvalue weighted by Gasteiger charge is 2.11. The number of hydrogen-bond acceptors (Lipinski definition) is 1. The van der Waals surface area contributed by atoms with E-state index in [2.05, 4.69) is 6.58 Å². The van der Waals surface area contributed by atoms with Gasteiger partial charge in [0, 0.05) is 5.56 Å². The number of hydrogen-bond donors (Lipinski definition) is 1. The summed E-state index contributed by atoms with van der Waals surface area (Å²) in [7, 11) is 0. The maximum Gasteiger partial charge on any atom is 0.128 e. The minimum atomic E-state index is -0.406. The second kappa shape index (κ2) is 4.19. The number of nitrogens with two attached hydrogens (primary N) is 1. The summed E-state index contributed by atoms with van der Waals surface area (Å²) in [6.07, 6.45) is 2.34. The molecule has 1 rings (SSSR count). The Morgan fingerprint density at radius 1 is 1.62 bits per heavy atom. The molecule has 1 nitrogen and oxygen atoms in total. The van der Waals surface area contributed by atoms with Crippen LogP contribution in [0.3, 0.4) is 0 Å². The zero-order chi connectivity index (χ0) is 9.84. The van der Waals surface area contributed by atoms with E-state index in [-0.39, 0.29) is 5.82 Å². The number of halogens is 1. The maximum absolute atomic E-state index is 13.3. The lowest BCUT2D eigenvalue weighted by atomic mass is 9.98. The molecule has 0 aliphatic heterocycles. The van der Waals surface area contributed by atoms with Gasteiger partial charge in [0.2, 0.25) is 0 Å². The summed E-state index contributed by atoms with van der Waals surface area (Å²) in [4.78, 5) is 0. The van der Waals surface area contributed by atoms with Crippen molar-refractivity contribution < 1.29 is 4.39 Å². The Labute approximate surface area is 78.1 Å². The molecule has 0 aromatic heterocycles. The van der Waals surface area contributed by atoms with Gasteiger partial charge in [0.05, 0.1) is 6.04 Å². The third-order valence-corrected chi connectivity index (χ3v) is 2.11. The fourth-order valence-electron chi connectivity index (χ4n) is 1.38. The topological polar surface area (TPSA) is 26.0 Å². The second-order valence-electron chi connectivity index (χ2n) is 2.93. The van der Waals surface area contributed by atoms with Crippen LogP contribution in [-0.4, -0.2) is 0 Å². The quantitative estimate of drug-likeness (QED) is 0.709. The van der Waals surface area contributed by atoms with E-state index in [4.69, 9.17) is 5.73 Å². The molecule has 0 aliphatic carbocycles. The molecule has 0 fully saturated rings. The standard InChI is InChI=1S/C11H14FN/c1-3-8-6-5-7-9(12)11(8)10(13)4-2/h4-7,10H,2-3,13H2,1H3/t10-/m1/s1. The average Bonchev–Trinajstić information content (AvgIpc) is 2.16. The summed E-state index contributed by atoms with van der Waals surface area (Å²) in [5.74, 6) is -0.244. The third kappa shape index (κ3) is 1.95. The minimum absolute atomic E-state index is 0.244. The molecule has 1 aromatic rings. The average molecular weight is 179 g/mol. The van der Waals surface area contributed by atoms with E-state index in [9.17, 15) is 4.39 Å². The van der Waals surface area contributed by atoms with Gasteiger partial charge in [0.15, 0.2) is 0 Å². The summed E-state index contributed by atoms with van der Waals surface area (Å²) < 4.78 is 13.3. The predicted molar refractivity (Wildman–Crippen MR) is 52.9 cm³/mol. The van der Waals surface area contributed by atoms with Crippen LogP contribution in [0.5, 0.6) is 0 Å². The van der Waals surface area contributed by atoms with E-state index in [0.29, 0.717) is 5.56 Å². The molecule has 0 bridgehead atoms. The van der Waals surface area contributed by atoms with Crippen molar-refractivity contribution in [2.45, 2.75) is 19.4 Å². The van der Waals surface area contributed by atoms with E-state index < -0.39 is 6.04 Å². The van der Waals surface area contributed by atoms with Crippen LogP contribution in [0.1, 0.15) is 24.1 Å². The summed E-state index contributed by atoms with van der Waals surface area (Å²) in [5, 5.41) is 0. The zero-order valence-electron chi connectivity index (χ0n) is 7.76. The van der Waals surface area contributed by atoms with Crippen molar-refractivity contribution in [1.82, 2.24) is 0 Å². The van der Waals surface area contributed by atoms with Gasteiger partial charge in [-0.15, -0.1) is 6.58 Å². The smallest absolute Gasteiger partial charge is 0.128 e. The van der Waals surface area contributed by atoms with Crippen LogP contribution < -0.4 is 5.73 Å². The molecule has 13 heavy (non-hydrogen) atoms. The van der Waals surface area contributed by atoms with Crippen molar-refractivity contribution in [2.75, 3.05) is 0 Å². The predicted octanol–water partition coefficient (Wildman–Crippen LogP) is 2.57. The normalized spacial score (nSPS) is 12.5. The van der Waals surface area contributed by atoms with E-state index >= 15 is 0 Å². The highest BCUT2D eigenvalue weighted by molar-refractivity contribution is 5.33. The first-order chi connectivity index (χ1) is 6.20.